The van der Waals surface area contributed by atoms with Crippen LogP contribution in [0.2, 0.25) is 0 Å². The molecule has 0 amide bonds. The van der Waals surface area contributed by atoms with Crippen LogP contribution in [-0.2, 0) is 19.1 Å². The lowest BCUT2D eigenvalue weighted by Gasteiger charge is -2.13. The average molecular weight is 212 g/mol. The Morgan fingerprint density at radius 2 is 2.07 bits per heavy atom. The van der Waals surface area contributed by atoms with Gasteiger partial charge in [-0.2, -0.15) is 0 Å². The van der Waals surface area contributed by atoms with Crippen molar-refractivity contribution in [2.45, 2.75) is 32.3 Å². The van der Waals surface area contributed by atoms with Crippen LogP contribution in [0.4, 0.5) is 0 Å². The van der Waals surface area contributed by atoms with Crippen molar-refractivity contribution in [2.75, 3.05) is 0 Å². The zero-order valence-electron chi connectivity index (χ0n) is 8.90. The van der Waals surface area contributed by atoms with Crippen molar-refractivity contribution in [1.29, 1.82) is 0 Å². The normalized spacial score (nSPS) is 11.3. The van der Waals surface area contributed by atoms with E-state index in [1.807, 2.05) is 6.92 Å². The zero-order chi connectivity index (χ0) is 11.7. The Morgan fingerprint density at radius 3 is 2.53 bits per heavy atom. The maximum absolute atomic E-state index is 11.3. The van der Waals surface area contributed by atoms with Gasteiger partial charge in [-0.3, -0.25) is 0 Å². The molecule has 0 spiro atoms. The van der Waals surface area contributed by atoms with Crippen molar-refractivity contribution in [3.63, 3.8) is 0 Å². The van der Waals surface area contributed by atoms with Crippen LogP contribution in [0.25, 0.3) is 0 Å². The van der Waals surface area contributed by atoms with E-state index in [4.69, 9.17) is 4.74 Å². The molecule has 0 bridgehead atoms. The molecule has 4 nitrogen and oxygen atoms in total. The first-order chi connectivity index (χ1) is 7.15. The first-order valence-electron chi connectivity index (χ1n) is 4.80. The average Bonchev–Trinajstić information content (AvgIpc) is 2.24. The lowest BCUT2D eigenvalue weighted by atomic mass is 10.1. The van der Waals surface area contributed by atoms with Crippen LogP contribution in [0.3, 0.4) is 0 Å². The van der Waals surface area contributed by atoms with Crippen molar-refractivity contribution < 1.29 is 19.1 Å². The molecule has 0 saturated heterocycles. The number of rotatable bonds is 7. The molecule has 0 aromatic rings. The van der Waals surface area contributed by atoms with Crippen LogP contribution in [0, 0.1) is 0 Å². The number of ether oxygens (including phenoxy) is 2. The molecule has 0 saturated carbocycles. The van der Waals surface area contributed by atoms with E-state index in [9.17, 15) is 9.59 Å². The molecule has 0 heterocycles. The van der Waals surface area contributed by atoms with Crippen LogP contribution in [0.1, 0.15) is 26.2 Å². The van der Waals surface area contributed by atoms with Crippen LogP contribution in [0.15, 0.2) is 25.5 Å². The summed E-state index contributed by atoms with van der Waals surface area (Å²) >= 11 is 0. The minimum Gasteiger partial charge on any atom is -0.447 e. The van der Waals surface area contributed by atoms with Crippen molar-refractivity contribution in [3.8, 4) is 0 Å². The molecular formula is C11H16O4. The molecule has 4 heteroatoms. The van der Waals surface area contributed by atoms with Gasteiger partial charge in [-0.05, 0) is 12.8 Å². The molecule has 84 valence electrons. The standard InChI is InChI=1S/C11H16O4/c1-4-7-8-9(11(13)14-6-3)15-10(12)5-2/h5-6,9H,2-4,7-8H2,1H3. The Labute approximate surface area is 89.6 Å². The van der Waals surface area contributed by atoms with Gasteiger partial charge < -0.3 is 9.47 Å². The van der Waals surface area contributed by atoms with Gasteiger partial charge in [0.05, 0.1) is 6.26 Å². The number of carbonyl (C=O) groups excluding carboxylic acids is 2. The SMILES string of the molecule is C=COC(=O)C(CCCC)OC(=O)C=C. The molecular weight excluding hydrogens is 196 g/mol. The van der Waals surface area contributed by atoms with Gasteiger partial charge in [0.1, 0.15) is 0 Å². The Hall–Kier alpha value is -1.58. The van der Waals surface area contributed by atoms with E-state index in [1.165, 1.54) is 0 Å². The first kappa shape index (κ1) is 13.4. The lowest BCUT2D eigenvalue weighted by molar-refractivity contribution is -0.161. The summed E-state index contributed by atoms with van der Waals surface area (Å²) in [6.07, 6.45) is 3.30. The number of hydrogen-bond donors (Lipinski definition) is 0. The molecule has 0 aliphatic heterocycles. The first-order valence-corrected chi connectivity index (χ1v) is 4.80. The summed E-state index contributed by atoms with van der Waals surface area (Å²) in [6, 6.07) is 0. The third-order valence-corrected chi connectivity index (χ3v) is 1.71. The second-order valence-electron chi connectivity index (χ2n) is 2.88. The maximum Gasteiger partial charge on any atom is 0.352 e. The third-order valence-electron chi connectivity index (χ3n) is 1.71. The summed E-state index contributed by atoms with van der Waals surface area (Å²) in [5.41, 5.74) is 0. The molecule has 0 aliphatic rings. The Balaban J connectivity index is 4.28. The van der Waals surface area contributed by atoms with Gasteiger partial charge in [0.25, 0.3) is 0 Å². The van der Waals surface area contributed by atoms with Crippen LogP contribution in [-0.4, -0.2) is 18.0 Å². The predicted molar refractivity (Wildman–Crippen MR) is 55.9 cm³/mol. The Kier molecular flexibility index (Phi) is 6.97. The summed E-state index contributed by atoms with van der Waals surface area (Å²) in [6.45, 7) is 8.49. The van der Waals surface area contributed by atoms with Crippen LogP contribution in [0.5, 0.6) is 0 Å². The minimum absolute atomic E-state index is 0.447. The molecule has 0 aliphatic carbocycles. The number of carbonyl (C=O) groups is 2. The quantitative estimate of drug-likeness (QED) is 0.368. The van der Waals surface area contributed by atoms with Gasteiger partial charge in [-0.15, -0.1) is 0 Å². The second-order valence-corrected chi connectivity index (χ2v) is 2.88. The minimum atomic E-state index is -0.867. The van der Waals surface area contributed by atoms with Crippen LogP contribution < -0.4 is 0 Å². The highest BCUT2D eigenvalue weighted by atomic mass is 16.6. The second kappa shape index (κ2) is 7.79. The van der Waals surface area contributed by atoms with E-state index in [-0.39, 0.29) is 0 Å². The van der Waals surface area contributed by atoms with Crippen molar-refractivity contribution >= 4 is 11.9 Å². The van der Waals surface area contributed by atoms with Gasteiger partial charge in [0.15, 0.2) is 6.10 Å². The maximum atomic E-state index is 11.3. The predicted octanol–water partition coefficient (Wildman–Crippen LogP) is 1.96. The van der Waals surface area contributed by atoms with E-state index in [0.717, 1.165) is 25.2 Å². The van der Waals surface area contributed by atoms with E-state index >= 15 is 0 Å². The molecule has 0 radical (unpaired) electrons. The topological polar surface area (TPSA) is 52.6 Å². The van der Waals surface area contributed by atoms with Gasteiger partial charge in [0.2, 0.25) is 0 Å². The highest BCUT2D eigenvalue weighted by Crippen LogP contribution is 2.07. The Morgan fingerprint density at radius 1 is 1.40 bits per heavy atom. The molecule has 1 atom stereocenters. The highest BCUT2D eigenvalue weighted by molar-refractivity contribution is 5.85. The van der Waals surface area contributed by atoms with Crippen LogP contribution >= 0.6 is 0 Å². The summed E-state index contributed by atoms with van der Waals surface area (Å²) in [4.78, 5) is 22.2. The summed E-state index contributed by atoms with van der Waals surface area (Å²) in [7, 11) is 0. The zero-order valence-corrected chi connectivity index (χ0v) is 8.90. The fourth-order valence-electron chi connectivity index (χ4n) is 0.961. The highest BCUT2D eigenvalue weighted by Gasteiger charge is 2.22. The molecule has 0 aromatic carbocycles. The Bertz CT molecular complexity index is 245. The van der Waals surface area contributed by atoms with E-state index in [2.05, 4.69) is 17.9 Å². The van der Waals surface area contributed by atoms with Gasteiger partial charge in [-0.1, -0.05) is 26.5 Å². The summed E-state index contributed by atoms with van der Waals surface area (Å²) in [5, 5.41) is 0. The molecule has 15 heavy (non-hydrogen) atoms. The largest absolute Gasteiger partial charge is 0.447 e. The fourth-order valence-corrected chi connectivity index (χ4v) is 0.961. The summed E-state index contributed by atoms with van der Waals surface area (Å²) < 4.78 is 9.40. The number of hydrogen-bond acceptors (Lipinski definition) is 4. The van der Waals surface area contributed by atoms with E-state index in [1.54, 1.807) is 0 Å². The molecule has 0 aromatic heterocycles. The fraction of sp³-hybridized carbons (Fsp3) is 0.455. The molecule has 0 N–H and O–H groups in total. The monoisotopic (exact) mass is 212 g/mol. The number of unbranched alkanes of at least 4 members (excludes halogenated alkanes) is 1. The van der Waals surface area contributed by atoms with Crippen molar-refractivity contribution in [1.82, 2.24) is 0 Å². The lowest BCUT2D eigenvalue weighted by Crippen LogP contribution is -2.27. The van der Waals surface area contributed by atoms with Gasteiger partial charge in [0, 0.05) is 6.08 Å². The van der Waals surface area contributed by atoms with Gasteiger partial charge >= 0.3 is 11.9 Å². The molecule has 0 fully saturated rings. The van der Waals surface area contributed by atoms with Crippen molar-refractivity contribution in [2.24, 2.45) is 0 Å². The number of esters is 2. The third kappa shape index (κ3) is 5.67. The van der Waals surface area contributed by atoms with E-state index in [0.29, 0.717) is 6.42 Å². The van der Waals surface area contributed by atoms with Crippen molar-refractivity contribution in [3.05, 3.63) is 25.5 Å². The van der Waals surface area contributed by atoms with Gasteiger partial charge in [-0.25, -0.2) is 9.59 Å². The molecule has 1 unspecified atom stereocenters. The van der Waals surface area contributed by atoms with E-state index < -0.39 is 18.0 Å². The molecule has 0 rings (SSSR count). The summed E-state index contributed by atoms with van der Waals surface area (Å²) in [5.74, 6) is -1.23. The smallest absolute Gasteiger partial charge is 0.352 e.